The minimum absolute atomic E-state index is 0.0531. The number of aryl methyl sites for hydroxylation is 1. The van der Waals surface area contributed by atoms with Gasteiger partial charge in [0.2, 0.25) is 0 Å². The van der Waals surface area contributed by atoms with Gasteiger partial charge in [-0.25, -0.2) is 9.37 Å². The molecule has 5 rings (SSSR count). The third kappa shape index (κ3) is 3.47. The van der Waals surface area contributed by atoms with Crippen molar-refractivity contribution in [3.8, 4) is 16.9 Å². The van der Waals surface area contributed by atoms with Crippen LogP contribution in [0.1, 0.15) is 27.3 Å². The molecule has 2 aromatic heterocycles. The summed E-state index contributed by atoms with van der Waals surface area (Å²) in [4.78, 5) is 18.3. The molecule has 0 bridgehead atoms. The normalized spacial score (nSPS) is 12.6. The minimum atomic E-state index is -0.210. The Bertz CT molecular complexity index is 1310. The van der Waals surface area contributed by atoms with Gasteiger partial charge in [-0.15, -0.1) is 10.2 Å². The molecule has 0 saturated heterocycles. The summed E-state index contributed by atoms with van der Waals surface area (Å²) in [6, 6.07) is 10.5. The lowest BCUT2D eigenvalue weighted by Crippen LogP contribution is -2.21. The summed E-state index contributed by atoms with van der Waals surface area (Å²) in [6.07, 6.45) is 5.16. The number of hydrogen-bond acceptors (Lipinski definition) is 5. The number of hydrogen-bond donors (Lipinski definition) is 0. The van der Waals surface area contributed by atoms with Crippen molar-refractivity contribution in [2.45, 2.75) is 19.3 Å². The predicted octanol–water partition coefficient (Wildman–Crippen LogP) is 3.35. The number of fused-ring (bicyclic) bond motifs is 2. The lowest BCUT2D eigenvalue weighted by molar-refractivity contribution is 0.0827. The van der Waals surface area contributed by atoms with Crippen LogP contribution in [0.2, 0.25) is 0 Å². The molecule has 8 heteroatoms. The van der Waals surface area contributed by atoms with Crippen molar-refractivity contribution in [2.75, 3.05) is 20.7 Å². The van der Waals surface area contributed by atoms with Crippen LogP contribution in [0.4, 0.5) is 4.39 Å². The predicted molar refractivity (Wildman–Crippen MR) is 117 cm³/mol. The number of amides is 1. The second kappa shape index (κ2) is 8.03. The standard InChI is InChI=1S/C24H22FN5O2/c1-29(2)24(31)16-5-3-15(4-6-16)19-13-26-22(30-14-27-28-23(19)30)10-7-17-18-11-12-32-21(18)9-8-20(17)25/h3-6,8-9,13-14H,7,10-12H2,1-2H3. The van der Waals surface area contributed by atoms with Crippen LogP contribution < -0.4 is 4.74 Å². The molecular weight excluding hydrogens is 409 g/mol. The SMILES string of the molecule is CN(C)C(=O)c1ccc(-c2cnc(CCc3c(F)ccc4c3CCO4)n3cnnc23)cc1. The van der Waals surface area contributed by atoms with Crippen LogP contribution in [0.3, 0.4) is 0 Å². The van der Waals surface area contributed by atoms with Gasteiger partial charge in [0.25, 0.3) is 5.91 Å². The Morgan fingerprint density at radius 2 is 1.97 bits per heavy atom. The van der Waals surface area contributed by atoms with Crippen LogP contribution in [0, 0.1) is 5.82 Å². The molecule has 0 aliphatic carbocycles. The molecule has 0 spiro atoms. The molecule has 1 aliphatic rings. The summed E-state index contributed by atoms with van der Waals surface area (Å²) in [7, 11) is 3.45. The second-order valence-electron chi connectivity index (χ2n) is 7.99. The van der Waals surface area contributed by atoms with Crippen LogP contribution in [0.5, 0.6) is 5.75 Å². The van der Waals surface area contributed by atoms with Gasteiger partial charge in [0, 0.05) is 49.8 Å². The van der Waals surface area contributed by atoms with Crippen molar-refractivity contribution < 1.29 is 13.9 Å². The van der Waals surface area contributed by atoms with E-state index < -0.39 is 0 Å². The Balaban J connectivity index is 1.44. The fraction of sp³-hybridized carbons (Fsp3) is 0.250. The zero-order valence-corrected chi connectivity index (χ0v) is 17.9. The van der Waals surface area contributed by atoms with E-state index in [1.54, 1.807) is 49.7 Å². The number of halogens is 1. The van der Waals surface area contributed by atoms with Crippen LogP contribution >= 0.6 is 0 Å². The maximum absolute atomic E-state index is 14.5. The smallest absolute Gasteiger partial charge is 0.253 e. The zero-order valence-electron chi connectivity index (χ0n) is 17.9. The fourth-order valence-electron chi connectivity index (χ4n) is 4.13. The van der Waals surface area contributed by atoms with Crippen molar-refractivity contribution in [2.24, 2.45) is 0 Å². The number of nitrogens with zero attached hydrogens (tertiary/aromatic N) is 5. The van der Waals surface area contributed by atoms with Gasteiger partial charge in [-0.3, -0.25) is 9.20 Å². The average Bonchev–Trinajstić information content (AvgIpc) is 3.48. The number of carbonyl (C=O) groups is 1. The average molecular weight is 431 g/mol. The van der Waals surface area contributed by atoms with E-state index in [9.17, 15) is 9.18 Å². The van der Waals surface area contributed by atoms with E-state index in [2.05, 4.69) is 15.2 Å². The molecular formula is C24H22FN5O2. The lowest BCUT2D eigenvalue weighted by Gasteiger charge is -2.12. The van der Waals surface area contributed by atoms with Gasteiger partial charge >= 0.3 is 0 Å². The van der Waals surface area contributed by atoms with E-state index in [4.69, 9.17) is 4.74 Å². The molecule has 0 N–H and O–H groups in total. The number of benzene rings is 2. The lowest BCUT2D eigenvalue weighted by atomic mass is 10.00. The Morgan fingerprint density at radius 1 is 1.16 bits per heavy atom. The molecule has 3 heterocycles. The van der Waals surface area contributed by atoms with Crippen LogP contribution in [0.15, 0.2) is 48.9 Å². The van der Waals surface area contributed by atoms with Crippen LogP contribution in [-0.2, 0) is 19.3 Å². The van der Waals surface area contributed by atoms with Gasteiger partial charge in [0.15, 0.2) is 5.65 Å². The Morgan fingerprint density at radius 3 is 2.75 bits per heavy atom. The molecule has 0 fully saturated rings. The van der Waals surface area contributed by atoms with Crippen molar-refractivity contribution in [1.29, 1.82) is 0 Å². The summed E-state index contributed by atoms with van der Waals surface area (Å²) in [5, 5.41) is 8.34. The molecule has 1 amide bonds. The van der Waals surface area contributed by atoms with E-state index in [0.29, 0.717) is 36.2 Å². The summed E-state index contributed by atoms with van der Waals surface area (Å²) in [6.45, 7) is 0.591. The topological polar surface area (TPSA) is 72.6 Å². The molecule has 0 unspecified atom stereocenters. The Labute approximate surface area is 184 Å². The highest BCUT2D eigenvalue weighted by atomic mass is 19.1. The highest BCUT2D eigenvalue weighted by Crippen LogP contribution is 2.31. The number of carbonyl (C=O) groups excluding carboxylic acids is 1. The summed E-state index contributed by atoms with van der Waals surface area (Å²) < 4.78 is 21.9. The van der Waals surface area contributed by atoms with Crippen LogP contribution in [0.25, 0.3) is 16.8 Å². The fourth-order valence-corrected chi connectivity index (χ4v) is 4.13. The van der Waals surface area contributed by atoms with Crippen molar-refractivity contribution in [3.05, 3.63) is 77.3 Å². The largest absolute Gasteiger partial charge is 0.493 e. The van der Waals surface area contributed by atoms with Crippen molar-refractivity contribution in [3.63, 3.8) is 0 Å². The van der Waals surface area contributed by atoms with Crippen LogP contribution in [-0.4, -0.2) is 51.1 Å². The third-order valence-electron chi connectivity index (χ3n) is 5.80. The summed E-state index contributed by atoms with van der Waals surface area (Å²) in [5.74, 6) is 1.26. The molecule has 32 heavy (non-hydrogen) atoms. The minimum Gasteiger partial charge on any atom is -0.493 e. The van der Waals surface area contributed by atoms with Gasteiger partial charge in [0.1, 0.15) is 23.7 Å². The molecule has 0 saturated carbocycles. The van der Waals surface area contributed by atoms with Gasteiger partial charge in [-0.05, 0) is 41.8 Å². The molecule has 1 aliphatic heterocycles. The number of rotatable bonds is 5. The van der Waals surface area contributed by atoms with E-state index in [-0.39, 0.29) is 11.7 Å². The number of ether oxygens (including phenoxy) is 1. The molecule has 0 atom stereocenters. The monoisotopic (exact) mass is 431 g/mol. The summed E-state index contributed by atoms with van der Waals surface area (Å²) >= 11 is 0. The Hall–Kier alpha value is -3.81. The first-order chi connectivity index (χ1) is 15.5. The maximum Gasteiger partial charge on any atom is 0.253 e. The quantitative estimate of drug-likeness (QED) is 0.485. The first kappa shape index (κ1) is 20.1. The van der Waals surface area contributed by atoms with Crippen molar-refractivity contribution >= 4 is 11.6 Å². The van der Waals surface area contributed by atoms with Crippen molar-refractivity contribution in [1.82, 2.24) is 24.5 Å². The van der Waals surface area contributed by atoms with Gasteiger partial charge < -0.3 is 9.64 Å². The Kier molecular flexibility index (Phi) is 5.05. The van der Waals surface area contributed by atoms with E-state index in [1.165, 1.54) is 6.07 Å². The number of aromatic nitrogens is 4. The van der Waals surface area contributed by atoms with Gasteiger partial charge in [-0.2, -0.15) is 0 Å². The highest BCUT2D eigenvalue weighted by molar-refractivity contribution is 5.94. The third-order valence-corrected chi connectivity index (χ3v) is 5.80. The first-order valence-electron chi connectivity index (χ1n) is 10.5. The molecule has 4 aromatic rings. The van der Waals surface area contributed by atoms with Gasteiger partial charge in [0.05, 0.1) is 6.61 Å². The maximum atomic E-state index is 14.5. The second-order valence-corrected chi connectivity index (χ2v) is 7.99. The highest BCUT2D eigenvalue weighted by Gasteiger charge is 2.20. The van der Waals surface area contributed by atoms with Gasteiger partial charge in [-0.1, -0.05) is 12.1 Å². The molecule has 7 nitrogen and oxygen atoms in total. The first-order valence-corrected chi connectivity index (χ1v) is 10.5. The van der Waals surface area contributed by atoms with E-state index >= 15 is 0 Å². The van der Waals surface area contributed by atoms with E-state index in [0.717, 1.165) is 34.7 Å². The molecule has 0 radical (unpaired) electrons. The summed E-state index contributed by atoms with van der Waals surface area (Å²) in [5.41, 5.74) is 4.63. The van der Waals surface area contributed by atoms with E-state index in [1.807, 2.05) is 16.5 Å². The molecule has 162 valence electrons. The zero-order chi connectivity index (χ0) is 22.2. The molecule has 2 aromatic carbocycles.